The third-order valence-corrected chi connectivity index (χ3v) is 10.1. The Morgan fingerprint density at radius 2 is 1.72 bits per heavy atom. The Morgan fingerprint density at radius 1 is 1.00 bits per heavy atom. The number of likely N-dealkylation sites (N-methyl/N-ethyl adjacent to an activating group) is 1. The van der Waals surface area contributed by atoms with Crippen LogP contribution in [0.3, 0.4) is 0 Å². The van der Waals surface area contributed by atoms with Gasteiger partial charge in [-0.05, 0) is 79.9 Å². The number of halogens is 2. The van der Waals surface area contributed by atoms with Crippen molar-refractivity contribution < 1.29 is 4.79 Å². The summed E-state index contributed by atoms with van der Waals surface area (Å²) in [6, 6.07) is 24.3. The maximum absolute atomic E-state index is 13.0. The zero-order valence-corrected chi connectivity index (χ0v) is 23.0. The van der Waals surface area contributed by atoms with Crippen LogP contribution in [-0.4, -0.2) is 48.9 Å². The summed E-state index contributed by atoms with van der Waals surface area (Å²) >= 11 is 14.7. The SMILES string of the molecule is CN(C[C@H](CCN1CCC2(CC1)SCc1ccccc12)c1ccc(Cl)c(Cl)c1)C(=O)c1ccccc1. The highest BCUT2D eigenvalue weighted by atomic mass is 35.5. The maximum Gasteiger partial charge on any atom is 0.253 e. The van der Waals surface area contributed by atoms with Crippen LogP contribution in [0.1, 0.15) is 52.2 Å². The van der Waals surface area contributed by atoms with Gasteiger partial charge in [0.25, 0.3) is 5.91 Å². The second-order valence-corrected chi connectivity index (χ2v) is 12.2. The van der Waals surface area contributed by atoms with E-state index in [-0.39, 0.29) is 11.8 Å². The number of carbonyl (C=O) groups excluding carboxylic acids is 1. The molecule has 1 atom stereocenters. The Morgan fingerprint density at radius 3 is 2.47 bits per heavy atom. The Bertz CT molecular complexity index is 1210. The quantitative estimate of drug-likeness (QED) is 0.311. The number of piperidine rings is 1. The van der Waals surface area contributed by atoms with Crippen molar-refractivity contribution in [3.05, 3.63) is 105 Å². The molecule has 5 rings (SSSR count). The molecule has 2 aliphatic heterocycles. The number of hydrogen-bond donors (Lipinski definition) is 0. The first-order chi connectivity index (χ1) is 17.4. The summed E-state index contributed by atoms with van der Waals surface area (Å²) < 4.78 is 0.290. The number of amides is 1. The Kier molecular flexibility index (Phi) is 7.97. The van der Waals surface area contributed by atoms with Crippen molar-refractivity contribution >= 4 is 40.9 Å². The van der Waals surface area contributed by atoms with Crippen LogP contribution in [0, 0.1) is 0 Å². The van der Waals surface area contributed by atoms with Crippen molar-refractivity contribution in [3.8, 4) is 0 Å². The van der Waals surface area contributed by atoms with E-state index in [1.54, 1.807) is 5.56 Å². The van der Waals surface area contributed by atoms with E-state index >= 15 is 0 Å². The fourth-order valence-corrected chi connectivity index (χ4v) is 7.43. The molecule has 0 aromatic heterocycles. The molecule has 0 radical (unpaired) electrons. The molecule has 188 valence electrons. The van der Waals surface area contributed by atoms with Crippen LogP contribution < -0.4 is 0 Å². The molecule has 1 amide bonds. The van der Waals surface area contributed by atoms with E-state index in [1.165, 1.54) is 18.4 Å². The second kappa shape index (κ2) is 11.2. The topological polar surface area (TPSA) is 23.6 Å². The molecule has 0 N–H and O–H groups in total. The Hall–Kier alpha value is -1.98. The van der Waals surface area contributed by atoms with Crippen LogP contribution in [0.5, 0.6) is 0 Å². The number of nitrogens with zero attached hydrogens (tertiary/aromatic N) is 2. The van der Waals surface area contributed by atoms with Crippen LogP contribution in [0.25, 0.3) is 0 Å². The molecule has 1 fully saturated rings. The Labute approximate surface area is 228 Å². The first kappa shape index (κ1) is 25.7. The third-order valence-electron chi connectivity index (χ3n) is 7.75. The lowest BCUT2D eigenvalue weighted by molar-refractivity contribution is 0.0781. The molecule has 0 saturated carbocycles. The van der Waals surface area contributed by atoms with E-state index < -0.39 is 0 Å². The smallest absolute Gasteiger partial charge is 0.253 e. The minimum absolute atomic E-state index is 0.0394. The normalized spacial score (nSPS) is 17.6. The highest BCUT2D eigenvalue weighted by molar-refractivity contribution is 7.99. The molecule has 0 unspecified atom stereocenters. The lowest BCUT2D eigenvalue weighted by Crippen LogP contribution is -2.41. The molecule has 1 saturated heterocycles. The van der Waals surface area contributed by atoms with Gasteiger partial charge >= 0.3 is 0 Å². The van der Waals surface area contributed by atoms with Crippen LogP contribution in [0.4, 0.5) is 0 Å². The molecule has 3 aromatic rings. The summed E-state index contributed by atoms with van der Waals surface area (Å²) in [6.45, 7) is 3.84. The van der Waals surface area contributed by atoms with Gasteiger partial charge in [-0.25, -0.2) is 0 Å². The van der Waals surface area contributed by atoms with Crippen molar-refractivity contribution in [2.75, 3.05) is 33.2 Å². The molecular formula is C30H32Cl2N2OS. The third kappa shape index (κ3) is 5.47. The van der Waals surface area contributed by atoms with Gasteiger partial charge < -0.3 is 9.80 Å². The first-order valence-corrected chi connectivity index (χ1v) is 14.4. The summed E-state index contributed by atoms with van der Waals surface area (Å²) in [5.74, 6) is 1.35. The second-order valence-electron chi connectivity index (χ2n) is 9.99. The zero-order valence-electron chi connectivity index (χ0n) is 20.6. The highest BCUT2D eigenvalue weighted by Crippen LogP contribution is 2.53. The number of hydrogen-bond acceptors (Lipinski definition) is 3. The molecule has 2 aliphatic rings. The molecular weight excluding hydrogens is 507 g/mol. The zero-order chi connectivity index (χ0) is 25.1. The van der Waals surface area contributed by atoms with Gasteiger partial charge in [0.15, 0.2) is 0 Å². The van der Waals surface area contributed by atoms with Crippen molar-refractivity contribution in [3.63, 3.8) is 0 Å². The van der Waals surface area contributed by atoms with Gasteiger partial charge in [0.05, 0.1) is 10.0 Å². The largest absolute Gasteiger partial charge is 0.341 e. The fraction of sp³-hybridized carbons (Fsp3) is 0.367. The predicted molar refractivity (Wildman–Crippen MR) is 152 cm³/mol. The summed E-state index contributed by atoms with van der Waals surface area (Å²) in [6.07, 6.45) is 3.35. The summed E-state index contributed by atoms with van der Waals surface area (Å²) in [4.78, 5) is 17.5. The van der Waals surface area contributed by atoms with Crippen LogP contribution in [0.15, 0.2) is 72.8 Å². The fourth-order valence-electron chi connectivity index (χ4n) is 5.62. The summed E-state index contributed by atoms with van der Waals surface area (Å²) in [7, 11) is 1.89. The van der Waals surface area contributed by atoms with E-state index in [0.717, 1.165) is 37.4 Å². The maximum atomic E-state index is 13.0. The monoisotopic (exact) mass is 538 g/mol. The van der Waals surface area contributed by atoms with E-state index in [4.69, 9.17) is 23.2 Å². The van der Waals surface area contributed by atoms with Gasteiger partial charge in [0, 0.05) is 35.6 Å². The average Bonchev–Trinajstić information content (AvgIpc) is 3.27. The van der Waals surface area contributed by atoms with E-state index in [2.05, 4.69) is 47.0 Å². The Balaban J connectivity index is 1.25. The number of thioether (sulfide) groups is 1. The molecule has 3 nitrogen and oxygen atoms in total. The van der Waals surface area contributed by atoms with Crippen molar-refractivity contribution in [2.45, 2.75) is 35.7 Å². The average molecular weight is 540 g/mol. The van der Waals surface area contributed by atoms with Gasteiger partial charge in [-0.3, -0.25) is 4.79 Å². The molecule has 3 aromatic carbocycles. The standard InChI is InChI=1S/C30H32Cl2N2OS/c1-33(29(35)22-7-3-2-4-8-22)20-24(23-11-12-27(31)28(32)19-23)13-16-34-17-14-30(15-18-34)26-10-6-5-9-25(26)21-36-30/h2-12,19,24H,13-18,20-21H2,1H3/t24-/m0/s1. The van der Waals surface area contributed by atoms with Gasteiger partial charge in [0.1, 0.15) is 0 Å². The lowest BCUT2D eigenvalue weighted by atomic mass is 9.86. The summed E-state index contributed by atoms with van der Waals surface area (Å²) in [5, 5.41) is 1.12. The molecule has 2 heterocycles. The number of carbonyl (C=O) groups is 1. The van der Waals surface area contributed by atoms with Crippen molar-refractivity contribution in [2.24, 2.45) is 0 Å². The molecule has 0 aliphatic carbocycles. The van der Waals surface area contributed by atoms with Crippen LogP contribution in [0.2, 0.25) is 10.0 Å². The van der Waals surface area contributed by atoms with Crippen molar-refractivity contribution in [1.29, 1.82) is 0 Å². The number of rotatable bonds is 7. The minimum atomic E-state index is 0.0394. The number of benzene rings is 3. The first-order valence-electron chi connectivity index (χ1n) is 12.7. The van der Waals surface area contributed by atoms with Crippen molar-refractivity contribution in [1.82, 2.24) is 9.80 Å². The lowest BCUT2D eigenvalue weighted by Gasteiger charge is -2.40. The predicted octanol–water partition coefficient (Wildman–Crippen LogP) is 7.48. The number of likely N-dealkylation sites (tertiary alicyclic amines) is 1. The van der Waals surface area contributed by atoms with Crippen LogP contribution in [-0.2, 0) is 10.5 Å². The van der Waals surface area contributed by atoms with Gasteiger partial charge in [0.2, 0.25) is 0 Å². The molecule has 0 bridgehead atoms. The minimum Gasteiger partial charge on any atom is -0.341 e. The molecule has 6 heteroatoms. The van der Waals surface area contributed by atoms with E-state index in [0.29, 0.717) is 26.9 Å². The highest BCUT2D eigenvalue weighted by Gasteiger charge is 2.41. The van der Waals surface area contributed by atoms with Gasteiger partial charge in [-0.2, -0.15) is 0 Å². The number of fused-ring (bicyclic) bond motifs is 2. The molecule has 36 heavy (non-hydrogen) atoms. The summed E-state index contributed by atoms with van der Waals surface area (Å²) in [5.41, 5.74) is 4.92. The van der Waals surface area contributed by atoms with E-state index in [9.17, 15) is 4.79 Å². The van der Waals surface area contributed by atoms with Gasteiger partial charge in [-0.1, -0.05) is 71.7 Å². The van der Waals surface area contributed by atoms with Crippen LogP contribution >= 0.6 is 35.0 Å². The van der Waals surface area contributed by atoms with E-state index in [1.807, 2.05) is 54.4 Å². The van der Waals surface area contributed by atoms with Gasteiger partial charge in [-0.15, -0.1) is 11.8 Å². The molecule has 1 spiro atoms.